The molecule has 3 unspecified atom stereocenters. The lowest BCUT2D eigenvalue weighted by molar-refractivity contribution is -0.0719. The van der Waals surface area contributed by atoms with E-state index in [9.17, 15) is 0 Å². The van der Waals surface area contributed by atoms with Gasteiger partial charge in [0.2, 0.25) is 0 Å². The second kappa shape index (κ2) is 4.60. The van der Waals surface area contributed by atoms with E-state index in [0.717, 1.165) is 18.4 Å². The SMILES string of the molecule is COC1(C(N)c2ccoc2)CCCC(C)C1. The molecular formula is C13H21NO2. The lowest BCUT2D eigenvalue weighted by atomic mass is 9.73. The zero-order valence-electron chi connectivity index (χ0n) is 10.1. The summed E-state index contributed by atoms with van der Waals surface area (Å²) >= 11 is 0. The smallest absolute Gasteiger partial charge is 0.0951 e. The van der Waals surface area contributed by atoms with Crippen LogP contribution in [0.15, 0.2) is 23.0 Å². The first-order valence-corrected chi connectivity index (χ1v) is 6.01. The van der Waals surface area contributed by atoms with Gasteiger partial charge >= 0.3 is 0 Å². The molecular weight excluding hydrogens is 202 g/mol. The van der Waals surface area contributed by atoms with Gasteiger partial charge in [-0.25, -0.2) is 0 Å². The second-order valence-electron chi connectivity index (χ2n) is 5.00. The quantitative estimate of drug-likeness (QED) is 0.857. The van der Waals surface area contributed by atoms with Crippen molar-refractivity contribution < 1.29 is 9.15 Å². The van der Waals surface area contributed by atoms with Gasteiger partial charge in [-0.3, -0.25) is 0 Å². The van der Waals surface area contributed by atoms with Crippen molar-refractivity contribution in [3.05, 3.63) is 24.2 Å². The maximum absolute atomic E-state index is 6.34. The van der Waals surface area contributed by atoms with Crippen LogP contribution in [0.4, 0.5) is 0 Å². The van der Waals surface area contributed by atoms with Crippen molar-refractivity contribution in [2.24, 2.45) is 11.7 Å². The Morgan fingerprint density at radius 2 is 2.44 bits per heavy atom. The van der Waals surface area contributed by atoms with Crippen molar-refractivity contribution in [2.45, 2.75) is 44.2 Å². The van der Waals surface area contributed by atoms with E-state index in [2.05, 4.69) is 6.92 Å². The fourth-order valence-electron chi connectivity index (χ4n) is 2.89. The van der Waals surface area contributed by atoms with Crippen LogP contribution >= 0.6 is 0 Å². The molecule has 0 aromatic carbocycles. The van der Waals surface area contributed by atoms with Crippen molar-refractivity contribution in [3.63, 3.8) is 0 Å². The highest BCUT2D eigenvalue weighted by atomic mass is 16.5. The van der Waals surface area contributed by atoms with Crippen molar-refractivity contribution >= 4 is 0 Å². The molecule has 0 radical (unpaired) electrons. The summed E-state index contributed by atoms with van der Waals surface area (Å²) in [5.74, 6) is 0.687. The average Bonchev–Trinajstić information content (AvgIpc) is 2.81. The maximum Gasteiger partial charge on any atom is 0.0951 e. The molecule has 3 heteroatoms. The molecule has 3 atom stereocenters. The van der Waals surface area contributed by atoms with Crippen LogP contribution in [-0.2, 0) is 4.74 Å². The lowest BCUT2D eigenvalue weighted by Gasteiger charge is -2.42. The van der Waals surface area contributed by atoms with Gasteiger partial charge in [0.25, 0.3) is 0 Å². The maximum atomic E-state index is 6.34. The molecule has 0 saturated heterocycles. The number of ether oxygens (including phenoxy) is 1. The van der Waals surface area contributed by atoms with Crippen LogP contribution in [0, 0.1) is 5.92 Å². The number of hydrogen-bond donors (Lipinski definition) is 1. The molecule has 1 heterocycles. The van der Waals surface area contributed by atoms with Crippen molar-refractivity contribution in [2.75, 3.05) is 7.11 Å². The summed E-state index contributed by atoms with van der Waals surface area (Å²) in [7, 11) is 1.78. The van der Waals surface area contributed by atoms with Crippen molar-refractivity contribution in [3.8, 4) is 0 Å². The van der Waals surface area contributed by atoms with Crippen LogP contribution in [0.25, 0.3) is 0 Å². The molecule has 0 bridgehead atoms. The standard InChI is InChI=1S/C13H21NO2/c1-10-4-3-6-13(8-10,15-2)12(14)11-5-7-16-9-11/h5,7,9-10,12H,3-4,6,8,14H2,1-2H3. The van der Waals surface area contributed by atoms with Crippen LogP contribution in [0.5, 0.6) is 0 Å². The molecule has 0 aliphatic heterocycles. The predicted octanol–water partition coefficient (Wildman–Crippen LogP) is 2.87. The van der Waals surface area contributed by atoms with Crippen molar-refractivity contribution in [1.29, 1.82) is 0 Å². The minimum Gasteiger partial charge on any atom is -0.472 e. The summed E-state index contributed by atoms with van der Waals surface area (Å²) in [5.41, 5.74) is 7.17. The Labute approximate surface area is 97.0 Å². The molecule has 1 aliphatic rings. The van der Waals surface area contributed by atoms with Gasteiger partial charge in [0.1, 0.15) is 0 Å². The minimum atomic E-state index is -0.207. The fourth-order valence-corrected chi connectivity index (χ4v) is 2.89. The van der Waals surface area contributed by atoms with Crippen LogP contribution in [0.2, 0.25) is 0 Å². The minimum absolute atomic E-state index is 0.0843. The molecule has 2 rings (SSSR count). The van der Waals surface area contributed by atoms with Gasteiger partial charge in [-0.1, -0.05) is 19.8 Å². The number of rotatable bonds is 3. The number of methoxy groups -OCH3 is 1. The highest BCUT2D eigenvalue weighted by Gasteiger charge is 2.41. The third kappa shape index (κ3) is 2.02. The van der Waals surface area contributed by atoms with Gasteiger partial charge in [-0.2, -0.15) is 0 Å². The van der Waals surface area contributed by atoms with Gasteiger partial charge in [0.15, 0.2) is 0 Å². The fraction of sp³-hybridized carbons (Fsp3) is 0.692. The molecule has 0 spiro atoms. The van der Waals surface area contributed by atoms with E-state index in [-0.39, 0.29) is 11.6 Å². The van der Waals surface area contributed by atoms with Crippen LogP contribution in [0.1, 0.15) is 44.2 Å². The summed E-state index contributed by atoms with van der Waals surface area (Å²) in [6.07, 6.45) is 7.95. The summed E-state index contributed by atoms with van der Waals surface area (Å²) in [5, 5.41) is 0. The first kappa shape index (κ1) is 11.7. The Kier molecular flexibility index (Phi) is 3.36. The zero-order valence-corrected chi connectivity index (χ0v) is 10.1. The van der Waals surface area contributed by atoms with E-state index in [1.165, 1.54) is 12.8 Å². The molecule has 1 saturated carbocycles. The molecule has 0 amide bonds. The molecule has 1 fully saturated rings. The van der Waals surface area contributed by atoms with E-state index in [4.69, 9.17) is 14.9 Å². The van der Waals surface area contributed by atoms with Gasteiger partial charge in [-0.05, 0) is 24.8 Å². The molecule has 1 aromatic rings. The Morgan fingerprint density at radius 1 is 1.62 bits per heavy atom. The zero-order chi connectivity index (χ0) is 11.6. The van der Waals surface area contributed by atoms with E-state index in [1.54, 1.807) is 19.6 Å². The molecule has 1 aromatic heterocycles. The highest BCUT2D eigenvalue weighted by Crippen LogP contribution is 2.42. The van der Waals surface area contributed by atoms with Crippen LogP contribution in [0.3, 0.4) is 0 Å². The molecule has 2 N–H and O–H groups in total. The topological polar surface area (TPSA) is 48.4 Å². The van der Waals surface area contributed by atoms with Gasteiger partial charge in [0.05, 0.1) is 24.2 Å². The average molecular weight is 223 g/mol. The predicted molar refractivity (Wildman–Crippen MR) is 63.0 cm³/mol. The Hall–Kier alpha value is -0.800. The van der Waals surface area contributed by atoms with E-state index in [0.29, 0.717) is 5.92 Å². The van der Waals surface area contributed by atoms with Gasteiger partial charge in [-0.15, -0.1) is 0 Å². The summed E-state index contributed by atoms with van der Waals surface area (Å²) in [6.45, 7) is 2.27. The van der Waals surface area contributed by atoms with Gasteiger partial charge < -0.3 is 14.9 Å². The molecule has 90 valence electrons. The summed E-state index contributed by atoms with van der Waals surface area (Å²) in [4.78, 5) is 0. The highest BCUT2D eigenvalue weighted by molar-refractivity contribution is 5.17. The monoisotopic (exact) mass is 223 g/mol. The summed E-state index contributed by atoms with van der Waals surface area (Å²) < 4.78 is 10.9. The normalized spacial score (nSPS) is 32.6. The number of furan rings is 1. The molecule has 16 heavy (non-hydrogen) atoms. The Morgan fingerprint density at radius 3 is 3.00 bits per heavy atom. The second-order valence-corrected chi connectivity index (χ2v) is 5.00. The lowest BCUT2D eigenvalue weighted by Crippen LogP contribution is -2.46. The third-order valence-electron chi connectivity index (χ3n) is 3.87. The largest absolute Gasteiger partial charge is 0.472 e. The van der Waals surface area contributed by atoms with Crippen LogP contribution < -0.4 is 5.73 Å². The third-order valence-corrected chi connectivity index (χ3v) is 3.87. The number of hydrogen-bond acceptors (Lipinski definition) is 3. The van der Waals surface area contributed by atoms with Crippen LogP contribution in [-0.4, -0.2) is 12.7 Å². The van der Waals surface area contributed by atoms with E-state index >= 15 is 0 Å². The van der Waals surface area contributed by atoms with E-state index in [1.807, 2.05) is 6.07 Å². The molecule has 3 nitrogen and oxygen atoms in total. The number of nitrogens with two attached hydrogens (primary N) is 1. The summed E-state index contributed by atoms with van der Waals surface area (Å²) in [6, 6.07) is 1.85. The Balaban J connectivity index is 2.20. The first-order chi connectivity index (χ1) is 7.68. The Bertz CT molecular complexity index is 323. The molecule has 1 aliphatic carbocycles. The van der Waals surface area contributed by atoms with E-state index < -0.39 is 0 Å². The first-order valence-electron chi connectivity index (χ1n) is 6.01. The van der Waals surface area contributed by atoms with Gasteiger partial charge in [0, 0.05) is 12.7 Å². The van der Waals surface area contributed by atoms with Crippen molar-refractivity contribution in [1.82, 2.24) is 0 Å².